The number of hydrogen-bond acceptors (Lipinski definition) is 8. The second-order valence-corrected chi connectivity index (χ2v) is 7.26. The first kappa shape index (κ1) is 30.5. The summed E-state index contributed by atoms with van der Waals surface area (Å²) >= 11 is 0. The number of aromatic nitrogens is 5. The molecule has 0 aromatic carbocycles. The first-order valence-corrected chi connectivity index (χ1v) is 10.4. The molecule has 0 fully saturated rings. The van der Waals surface area contributed by atoms with Crippen molar-refractivity contribution in [2.45, 2.75) is 32.0 Å². The van der Waals surface area contributed by atoms with E-state index in [-0.39, 0.29) is 12.5 Å². The van der Waals surface area contributed by atoms with Gasteiger partial charge >= 0.3 is 24.3 Å². The zero-order chi connectivity index (χ0) is 29.2. The summed E-state index contributed by atoms with van der Waals surface area (Å²) in [7, 11) is 0. The van der Waals surface area contributed by atoms with E-state index in [9.17, 15) is 31.1 Å². The summed E-state index contributed by atoms with van der Waals surface area (Å²) in [5, 5.41) is 22.6. The minimum atomic E-state index is -5.08. The molecule has 0 atom stereocenters. The minimum absolute atomic E-state index is 0.0420. The molecule has 0 bridgehead atoms. The normalized spacial score (nSPS) is 12.6. The van der Waals surface area contributed by atoms with Crippen molar-refractivity contribution < 1.29 is 55.7 Å². The topological polar surface area (TPSA) is 161 Å². The molecule has 4 rings (SSSR count). The zero-order valence-corrected chi connectivity index (χ0v) is 19.4. The molecule has 0 aliphatic carbocycles. The number of amides is 1. The van der Waals surface area contributed by atoms with Gasteiger partial charge in [0.15, 0.2) is 0 Å². The molecule has 0 saturated heterocycles. The highest BCUT2D eigenvalue weighted by Crippen LogP contribution is 2.19. The van der Waals surface area contributed by atoms with E-state index in [1.807, 2.05) is 16.8 Å². The van der Waals surface area contributed by atoms with Crippen LogP contribution in [0.3, 0.4) is 0 Å². The van der Waals surface area contributed by atoms with Crippen molar-refractivity contribution >= 4 is 17.8 Å². The second kappa shape index (κ2) is 13.2. The number of carboxylic acids is 2. The van der Waals surface area contributed by atoms with Crippen LogP contribution in [0.25, 0.3) is 0 Å². The maximum atomic E-state index is 12.6. The van der Waals surface area contributed by atoms with E-state index in [4.69, 9.17) is 24.5 Å². The Morgan fingerprint density at radius 1 is 0.897 bits per heavy atom. The van der Waals surface area contributed by atoms with Crippen LogP contribution >= 0.6 is 0 Å². The highest BCUT2D eigenvalue weighted by atomic mass is 19.4. The molecule has 3 aromatic rings. The molecular formula is C21H18F6N6O6. The minimum Gasteiger partial charge on any atom is -0.486 e. The molecule has 1 amide bonds. The third-order valence-electron chi connectivity index (χ3n) is 4.53. The van der Waals surface area contributed by atoms with Crippen LogP contribution in [0.15, 0.2) is 49.1 Å². The van der Waals surface area contributed by atoms with Gasteiger partial charge in [-0.2, -0.15) is 26.3 Å². The molecule has 2 N–H and O–H groups in total. The predicted octanol–water partition coefficient (Wildman–Crippen LogP) is 2.57. The number of nitrogens with zero attached hydrogens (tertiary/aromatic N) is 6. The van der Waals surface area contributed by atoms with Crippen LogP contribution in [-0.2, 0) is 29.3 Å². The van der Waals surface area contributed by atoms with Gasteiger partial charge in [0.2, 0.25) is 0 Å². The fourth-order valence-electron chi connectivity index (χ4n) is 2.74. The number of hydrogen-bond donors (Lipinski definition) is 2. The van der Waals surface area contributed by atoms with E-state index in [1.165, 1.54) is 0 Å². The summed E-state index contributed by atoms with van der Waals surface area (Å²) in [5.74, 6) is -4.89. The van der Waals surface area contributed by atoms with Gasteiger partial charge in [-0.3, -0.25) is 14.8 Å². The number of pyridine rings is 2. The lowest BCUT2D eigenvalue weighted by Crippen LogP contribution is -2.38. The van der Waals surface area contributed by atoms with Crippen molar-refractivity contribution in [2.75, 3.05) is 6.54 Å². The Labute approximate surface area is 214 Å². The molecule has 4 heterocycles. The van der Waals surface area contributed by atoms with Gasteiger partial charge in [-0.25, -0.2) is 14.3 Å². The van der Waals surface area contributed by atoms with Gasteiger partial charge in [0.25, 0.3) is 5.91 Å². The number of aliphatic carboxylic acids is 2. The van der Waals surface area contributed by atoms with E-state index in [1.54, 1.807) is 41.8 Å². The molecule has 0 spiro atoms. The van der Waals surface area contributed by atoms with Crippen LogP contribution in [0.1, 0.15) is 21.7 Å². The van der Waals surface area contributed by atoms with E-state index in [0.29, 0.717) is 30.9 Å². The highest BCUT2D eigenvalue weighted by molar-refractivity contribution is 5.93. The van der Waals surface area contributed by atoms with E-state index >= 15 is 0 Å². The fourth-order valence-corrected chi connectivity index (χ4v) is 2.74. The first-order chi connectivity index (χ1) is 18.2. The molecule has 12 nitrogen and oxygen atoms in total. The number of halogens is 6. The lowest BCUT2D eigenvalue weighted by Gasteiger charge is -2.27. The third-order valence-corrected chi connectivity index (χ3v) is 4.53. The Hall–Kier alpha value is -4.77. The Bertz CT molecular complexity index is 1230. The van der Waals surface area contributed by atoms with Crippen molar-refractivity contribution in [3.05, 3.63) is 66.0 Å². The standard InChI is InChI=1S/C17H16N6O2.2C2HF3O2/c24-17(13-3-1-5-18-9-13)22-7-8-23-16(11-22)15(20-21-23)12-25-14-4-2-6-19-10-14;2*3-2(4,5)1(6)7/h1-6,9-10H,7-8,11-12H2;2*(H,6,7). The quantitative estimate of drug-likeness (QED) is 0.451. The summed E-state index contributed by atoms with van der Waals surface area (Å²) < 4.78 is 71.0. The molecule has 210 valence electrons. The second-order valence-electron chi connectivity index (χ2n) is 7.26. The summed E-state index contributed by atoms with van der Waals surface area (Å²) in [6, 6.07) is 7.17. The molecule has 0 saturated carbocycles. The summed E-state index contributed by atoms with van der Waals surface area (Å²) in [4.78, 5) is 40.2. The van der Waals surface area contributed by atoms with Gasteiger partial charge in [0.05, 0.1) is 30.5 Å². The van der Waals surface area contributed by atoms with Crippen LogP contribution < -0.4 is 4.74 Å². The number of rotatable bonds is 4. The van der Waals surface area contributed by atoms with E-state index in [2.05, 4.69) is 20.3 Å². The predicted molar refractivity (Wildman–Crippen MR) is 115 cm³/mol. The van der Waals surface area contributed by atoms with Crippen molar-refractivity contribution in [3.8, 4) is 5.75 Å². The zero-order valence-electron chi connectivity index (χ0n) is 19.4. The highest BCUT2D eigenvalue weighted by Gasteiger charge is 2.38. The van der Waals surface area contributed by atoms with Crippen molar-refractivity contribution in [3.63, 3.8) is 0 Å². The van der Waals surface area contributed by atoms with Crippen LogP contribution in [0.2, 0.25) is 0 Å². The molecule has 0 radical (unpaired) electrons. The SMILES string of the molecule is O=C(O)C(F)(F)F.O=C(O)C(F)(F)F.O=C(c1cccnc1)N1CCn2nnc(COc3cccnc3)c2C1. The summed E-state index contributed by atoms with van der Waals surface area (Å²) in [5.41, 5.74) is 2.21. The van der Waals surface area contributed by atoms with Crippen LogP contribution in [0.5, 0.6) is 5.75 Å². The Morgan fingerprint density at radius 2 is 1.46 bits per heavy atom. The third kappa shape index (κ3) is 9.56. The number of carboxylic acid groups (broad SMARTS) is 2. The molecule has 1 aliphatic heterocycles. The van der Waals surface area contributed by atoms with Gasteiger partial charge in [0.1, 0.15) is 18.1 Å². The molecule has 0 unspecified atom stereocenters. The number of fused-ring (bicyclic) bond motifs is 1. The smallest absolute Gasteiger partial charge is 0.486 e. The average molecular weight is 564 g/mol. The first-order valence-electron chi connectivity index (χ1n) is 10.4. The lowest BCUT2D eigenvalue weighted by atomic mass is 10.2. The monoisotopic (exact) mass is 564 g/mol. The van der Waals surface area contributed by atoms with Crippen molar-refractivity contribution in [2.24, 2.45) is 0 Å². The maximum Gasteiger partial charge on any atom is 0.490 e. The van der Waals surface area contributed by atoms with Crippen LogP contribution in [-0.4, -0.2) is 76.8 Å². The average Bonchev–Trinajstić information content (AvgIpc) is 3.30. The van der Waals surface area contributed by atoms with Gasteiger partial charge in [-0.1, -0.05) is 5.21 Å². The Balaban J connectivity index is 0.000000317. The number of ether oxygens (including phenoxy) is 1. The summed E-state index contributed by atoms with van der Waals surface area (Å²) in [6.07, 6.45) is -3.60. The molecule has 1 aliphatic rings. The number of carbonyl (C=O) groups is 3. The Kier molecular flexibility index (Phi) is 10.3. The largest absolute Gasteiger partial charge is 0.490 e. The number of carbonyl (C=O) groups excluding carboxylic acids is 1. The fraction of sp³-hybridized carbons (Fsp3) is 0.286. The van der Waals surface area contributed by atoms with Crippen molar-refractivity contribution in [1.29, 1.82) is 0 Å². The molecule has 18 heteroatoms. The van der Waals surface area contributed by atoms with Crippen LogP contribution in [0.4, 0.5) is 26.3 Å². The van der Waals surface area contributed by atoms with Crippen molar-refractivity contribution in [1.82, 2.24) is 29.9 Å². The van der Waals surface area contributed by atoms with Gasteiger partial charge < -0.3 is 19.8 Å². The van der Waals surface area contributed by atoms with Gasteiger partial charge in [-0.05, 0) is 24.3 Å². The maximum absolute atomic E-state index is 12.6. The van der Waals surface area contributed by atoms with Gasteiger partial charge in [-0.15, -0.1) is 5.10 Å². The number of alkyl halides is 6. The van der Waals surface area contributed by atoms with E-state index < -0.39 is 24.3 Å². The Morgan fingerprint density at radius 3 is 1.95 bits per heavy atom. The van der Waals surface area contributed by atoms with Gasteiger partial charge in [0, 0.05) is 25.1 Å². The summed E-state index contributed by atoms with van der Waals surface area (Å²) in [6.45, 7) is 1.94. The van der Waals surface area contributed by atoms with Crippen LogP contribution in [0, 0.1) is 0 Å². The molecular weight excluding hydrogens is 546 g/mol. The molecule has 39 heavy (non-hydrogen) atoms. The lowest BCUT2D eigenvalue weighted by molar-refractivity contribution is -0.193. The van der Waals surface area contributed by atoms with E-state index in [0.717, 1.165) is 11.4 Å². The molecule has 3 aromatic heterocycles.